The van der Waals surface area contributed by atoms with Crippen LogP contribution in [0.5, 0.6) is 0 Å². The second-order valence-electron chi connectivity index (χ2n) is 3.17. The van der Waals surface area contributed by atoms with Gasteiger partial charge in [0.05, 0.1) is 6.04 Å². The first-order chi connectivity index (χ1) is 5.63. The summed E-state index contributed by atoms with van der Waals surface area (Å²) >= 11 is 0. The van der Waals surface area contributed by atoms with Crippen molar-refractivity contribution < 1.29 is 0 Å². The molecule has 0 fully saturated rings. The van der Waals surface area contributed by atoms with Gasteiger partial charge >= 0.3 is 0 Å². The van der Waals surface area contributed by atoms with Crippen molar-refractivity contribution in [2.45, 2.75) is 39.7 Å². The monoisotopic (exact) mass is 171 g/mol. The smallest absolute Gasteiger partial charge is 0.108 e. The third-order valence-corrected chi connectivity index (χ3v) is 2.02. The van der Waals surface area contributed by atoms with Crippen molar-refractivity contribution in [1.29, 1.82) is 5.41 Å². The van der Waals surface area contributed by atoms with E-state index in [-0.39, 0.29) is 11.9 Å². The first-order valence-electron chi connectivity index (χ1n) is 4.71. The molecule has 0 spiro atoms. The number of rotatable bonds is 6. The van der Waals surface area contributed by atoms with E-state index in [2.05, 4.69) is 18.7 Å². The molecule has 0 rings (SSSR count). The van der Waals surface area contributed by atoms with E-state index in [1.165, 1.54) is 0 Å². The summed E-state index contributed by atoms with van der Waals surface area (Å²) in [5, 5.41) is 7.32. The van der Waals surface area contributed by atoms with E-state index in [4.69, 9.17) is 11.1 Å². The Labute approximate surface area is 75.4 Å². The van der Waals surface area contributed by atoms with Crippen molar-refractivity contribution >= 4 is 5.84 Å². The Morgan fingerprint density at radius 2 is 1.75 bits per heavy atom. The molecule has 0 aromatic carbocycles. The lowest BCUT2D eigenvalue weighted by Gasteiger charge is -2.27. The molecule has 0 aliphatic carbocycles. The van der Waals surface area contributed by atoms with Gasteiger partial charge in [-0.3, -0.25) is 10.3 Å². The van der Waals surface area contributed by atoms with Gasteiger partial charge in [0, 0.05) is 0 Å². The van der Waals surface area contributed by atoms with Crippen molar-refractivity contribution in [2.75, 3.05) is 13.1 Å². The zero-order valence-corrected chi connectivity index (χ0v) is 8.43. The van der Waals surface area contributed by atoms with E-state index < -0.39 is 0 Å². The van der Waals surface area contributed by atoms with Crippen molar-refractivity contribution in [3.8, 4) is 0 Å². The van der Waals surface area contributed by atoms with Crippen LogP contribution in [0.2, 0.25) is 0 Å². The molecule has 0 aliphatic rings. The summed E-state index contributed by atoms with van der Waals surface area (Å²) in [6.45, 7) is 8.36. The maximum atomic E-state index is 7.32. The van der Waals surface area contributed by atoms with E-state index >= 15 is 0 Å². The molecule has 0 aromatic rings. The van der Waals surface area contributed by atoms with Gasteiger partial charge in [-0.05, 0) is 32.9 Å². The maximum Gasteiger partial charge on any atom is 0.108 e. The van der Waals surface area contributed by atoms with Gasteiger partial charge < -0.3 is 5.73 Å². The number of hydrogen-bond acceptors (Lipinski definition) is 2. The lowest BCUT2D eigenvalue weighted by atomic mass is 10.2. The largest absolute Gasteiger partial charge is 0.386 e. The molecule has 0 amide bonds. The van der Waals surface area contributed by atoms with Crippen LogP contribution in [-0.4, -0.2) is 29.9 Å². The van der Waals surface area contributed by atoms with Crippen LogP contribution >= 0.6 is 0 Å². The second-order valence-corrected chi connectivity index (χ2v) is 3.17. The Morgan fingerprint density at radius 3 is 2.00 bits per heavy atom. The van der Waals surface area contributed by atoms with Crippen LogP contribution in [-0.2, 0) is 0 Å². The molecule has 0 radical (unpaired) electrons. The second kappa shape index (κ2) is 6.00. The molecule has 0 saturated heterocycles. The summed E-state index contributed by atoms with van der Waals surface area (Å²) in [5.41, 5.74) is 5.44. The molecular weight excluding hydrogens is 150 g/mol. The highest BCUT2D eigenvalue weighted by Gasteiger charge is 2.13. The summed E-state index contributed by atoms with van der Waals surface area (Å²) in [7, 11) is 0. The molecule has 0 aromatic heterocycles. The zero-order chi connectivity index (χ0) is 9.56. The Kier molecular flexibility index (Phi) is 5.72. The van der Waals surface area contributed by atoms with E-state index in [0.717, 1.165) is 25.9 Å². The number of nitrogens with one attached hydrogen (secondary N) is 1. The topological polar surface area (TPSA) is 53.1 Å². The van der Waals surface area contributed by atoms with Crippen LogP contribution in [0.4, 0.5) is 0 Å². The highest BCUT2D eigenvalue weighted by molar-refractivity contribution is 5.82. The molecule has 72 valence electrons. The molecular formula is C9H21N3. The summed E-state index contributed by atoms with van der Waals surface area (Å²) in [4.78, 5) is 2.25. The Morgan fingerprint density at radius 1 is 1.33 bits per heavy atom. The summed E-state index contributed by atoms with van der Waals surface area (Å²) in [6.07, 6.45) is 2.25. The van der Waals surface area contributed by atoms with Crippen LogP contribution in [0, 0.1) is 5.41 Å². The molecule has 1 unspecified atom stereocenters. The van der Waals surface area contributed by atoms with E-state index in [0.29, 0.717) is 0 Å². The zero-order valence-electron chi connectivity index (χ0n) is 8.43. The van der Waals surface area contributed by atoms with E-state index in [1.807, 2.05) is 6.92 Å². The normalized spacial score (nSPS) is 13.3. The minimum absolute atomic E-state index is 0.102. The Bertz CT molecular complexity index is 128. The number of amidine groups is 1. The van der Waals surface area contributed by atoms with Crippen molar-refractivity contribution in [3.05, 3.63) is 0 Å². The molecule has 12 heavy (non-hydrogen) atoms. The summed E-state index contributed by atoms with van der Waals surface area (Å²) < 4.78 is 0. The van der Waals surface area contributed by atoms with Crippen LogP contribution in [0.1, 0.15) is 33.6 Å². The van der Waals surface area contributed by atoms with Gasteiger partial charge in [0.1, 0.15) is 5.84 Å². The molecule has 0 saturated carbocycles. The van der Waals surface area contributed by atoms with Gasteiger partial charge in [0.2, 0.25) is 0 Å². The van der Waals surface area contributed by atoms with Crippen LogP contribution < -0.4 is 5.73 Å². The van der Waals surface area contributed by atoms with Crippen molar-refractivity contribution in [1.82, 2.24) is 4.90 Å². The number of nitrogens with zero attached hydrogens (tertiary/aromatic N) is 1. The Balaban J connectivity index is 3.98. The molecule has 0 bridgehead atoms. The fraction of sp³-hybridized carbons (Fsp3) is 0.889. The summed E-state index contributed by atoms with van der Waals surface area (Å²) in [5.74, 6) is 0.275. The predicted molar refractivity (Wildman–Crippen MR) is 53.5 cm³/mol. The highest BCUT2D eigenvalue weighted by atomic mass is 15.2. The molecule has 1 atom stereocenters. The molecule has 3 heteroatoms. The van der Waals surface area contributed by atoms with Crippen LogP contribution in [0.25, 0.3) is 0 Å². The van der Waals surface area contributed by atoms with E-state index in [9.17, 15) is 0 Å². The average Bonchev–Trinajstić information content (AvgIpc) is 2.03. The summed E-state index contributed by atoms with van der Waals surface area (Å²) in [6, 6.07) is 0.102. The fourth-order valence-electron chi connectivity index (χ4n) is 1.27. The highest BCUT2D eigenvalue weighted by Crippen LogP contribution is 2.01. The molecule has 3 nitrogen and oxygen atoms in total. The fourth-order valence-corrected chi connectivity index (χ4v) is 1.27. The lowest BCUT2D eigenvalue weighted by Crippen LogP contribution is -2.43. The minimum atomic E-state index is 0.102. The quantitative estimate of drug-likeness (QED) is 0.469. The Hall–Kier alpha value is -0.570. The van der Waals surface area contributed by atoms with Gasteiger partial charge in [-0.2, -0.15) is 0 Å². The van der Waals surface area contributed by atoms with Crippen LogP contribution in [0.3, 0.4) is 0 Å². The maximum absolute atomic E-state index is 7.32. The predicted octanol–water partition coefficient (Wildman–Crippen LogP) is 1.43. The number of hydrogen-bond donors (Lipinski definition) is 2. The first kappa shape index (κ1) is 11.4. The first-order valence-corrected chi connectivity index (χ1v) is 4.71. The minimum Gasteiger partial charge on any atom is -0.386 e. The molecule has 0 aliphatic heterocycles. The third kappa shape index (κ3) is 3.72. The van der Waals surface area contributed by atoms with Crippen molar-refractivity contribution in [3.63, 3.8) is 0 Å². The molecule has 3 N–H and O–H groups in total. The van der Waals surface area contributed by atoms with Gasteiger partial charge in [0.15, 0.2) is 0 Å². The van der Waals surface area contributed by atoms with Gasteiger partial charge in [-0.1, -0.05) is 13.8 Å². The SMILES string of the molecule is CCCN(CCC)C(C)C(=N)N. The van der Waals surface area contributed by atoms with E-state index in [1.54, 1.807) is 0 Å². The van der Waals surface area contributed by atoms with Gasteiger partial charge in [0.25, 0.3) is 0 Å². The third-order valence-electron chi connectivity index (χ3n) is 2.02. The van der Waals surface area contributed by atoms with Crippen LogP contribution in [0.15, 0.2) is 0 Å². The van der Waals surface area contributed by atoms with Crippen molar-refractivity contribution in [2.24, 2.45) is 5.73 Å². The average molecular weight is 171 g/mol. The standard InChI is InChI=1S/C9H21N3/c1-4-6-12(7-5-2)8(3)9(10)11/h8H,4-7H2,1-3H3,(H3,10,11). The number of nitrogens with two attached hydrogens (primary N) is 1. The molecule has 0 heterocycles. The van der Waals surface area contributed by atoms with Gasteiger partial charge in [-0.15, -0.1) is 0 Å². The lowest BCUT2D eigenvalue weighted by molar-refractivity contribution is 0.252. The van der Waals surface area contributed by atoms with Gasteiger partial charge in [-0.25, -0.2) is 0 Å².